The van der Waals surface area contributed by atoms with Gasteiger partial charge in [-0.3, -0.25) is 0 Å². The topological polar surface area (TPSA) is 35.5 Å². The van der Waals surface area contributed by atoms with Gasteiger partial charge in [-0.05, 0) is 55.7 Å². The van der Waals surface area contributed by atoms with Gasteiger partial charge in [0.25, 0.3) is 0 Å². The van der Waals surface area contributed by atoms with Gasteiger partial charge in [0.2, 0.25) is 0 Å². The summed E-state index contributed by atoms with van der Waals surface area (Å²) in [5, 5.41) is 12.9. The fourth-order valence-electron chi connectivity index (χ4n) is 3.16. The van der Waals surface area contributed by atoms with Gasteiger partial charge in [-0.2, -0.15) is 0 Å². The number of hydrogen-bond acceptors (Lipinski definition) is 3. The Morgan fingerprint density at radius 3 is 2.85 bits per heavy atom. The molecule has 1 atom stereocenters. The molecule has 1 aromatic carbocycles. The average Bonchev–Trinajstić information content (AvgIpc) is 3.29. The fraction of sp³-hybridized carbons (Fsp3) is 0.647. The van der Waals surface area contributed by atoms with Gasteiger partial charge in [-0.15, -0.1) is 0 Å². The second kappa shape index (κ2) is 6.15. The molecule has 1 heterocycles. The maximum atomic E-state index is 9.36. The van der Waals surface area contributed by atoms with Gasteiger partial charge in [0.05, 0.1) is 0 Å². The van der Waals surface area contributed by atoms with Crippen LogP contribution >= 0.6 is 0 Å². The monoisotopic (exact) mass is 274 g/mol. The molecule has 1 unspecified atom stereocenters. The summed E-state index contributed by atoms with van der Waals surface area (Å²) in [6.45, 7) is 5.64. The molecule has 20 heavy (non-hydrogen) atoms. The smallest absolute Gasteiger partial charge is 0.0476 e. The standard InChI is InChI=1S/C17H26N2O/c1-13-9-14(10-18-16-5-6-16)4-7-17(13)19-8-2-3-15(11-19)12-20/h4,7,9,15-16,18,20H,2-3,5-6,8,10-12H2,1H3. The lowest BCUT2D eigenvalue weighted by molar-refractivity contribution is 0.208. The van der Waals surface area contributed by atoms with Crippen LogP contribution in [-0.4, -0.2) is 30.8 Å². The van der Waals surface area contributed by atoms with Crippen molar-refractivity contribution in [3.63, 3.8) is 0 Å². The molecular weight excluding hydrogens is 248 g/mol. The van der Waals surface area contributed by atoms with Crippen LogP contribution in [0.3, 0.4) is 0 Å². The summed E-state index contributed by atoms with van der Waals surface area (Å²) in [6.07, 6.45) is 5.03. The Labute approximate surface area is 122 Å². The molecule has 1 saturated carbocycles. The molecule has 3 rings (SSSR count). The van der Waals surface area contributed by atoms with E-state index in [4.69, 9.17) is 0 Å². The average molecular weight is 274 g/mol. The first kappa shape index (κ1) is 13.9. The highest BCUT2D eigenvalue weighted by molar-refractivity contribution is 5.54. The van der Waals surface area contributed by atoms with Crippen molar-refractivity contribution < 1.29 is 5.11 Å². The highest BCUT2D eigenvalue weighted by atomic mass is 16.3. The number of anilines is 1. The molecule has 110 valence electrons. The lowest BCUT2D eigenvalue weighted by atomic mass is 9.97. The van der Waals surface area contributed by atoms with Crippen LogP contribution in [0.2, 0.25) is 0 Å². The van der Waals surface area contributed by atoms with E-state index in [1.165, 1.54) is 36.1 Å². The van der Waals surface area contributed by atoms with E-state index in [0.717, 1.165) is 32.1 Å². The van der Waals surface area contributed by atoms with E-state index in [1.54, 1.807) is 0 Å². The third-order valence-corrected chi connectivity index (χ3v) is 4.55. The quantitative estimate of drug-likeness (QED) is 0.866. The predicted octanol–water partition coefficient (Wildman–Crippen LogP) is 2.46. The van der Waals surface area contributed by atoms with E-state index in [0.29, 0.717) is 12.5 Å². The second-order valence-electron chi connectivity index (χ2n) is 6.41. The highest BCUT2D eigenvalue weighted by Gasteiger charge is 2.21. The largest absolute Gasteiger partial charge is 0.396 e. The fourth-order valence-corrected chi connectivity index (χ4v) is 3.16. The SMILES string of the molecule is Cc1cc(CNC2CC2)ccc1N1CCCC(CO)C1. The van der Waals surface area contributed by atoms with Crippen LogP contribution in [0.5, 0.6) is 0 Å². The maximum Gasteiger partial charge on any atom is 0.0476 e. The van der Waals surface area contributed by atoms with Crippen molar-refractivity contribution in [2.75, 3.05) is 24.6 Å². The van der Waals surface area contributed by atoms with Crippen molar-refractivity contribution in [3.8, 4) is 0 Å². The third-order valence-electron chi connectivity index (χ3n) is 4.55. The summed E-state index contributed by atoms with van der Waals surface area (Å²) >= 11 is 0. The summed E-state index contributed by atoms with van der Waals surface area (Å²) in [5.41, 5.74) is 4.09. The molecule has 1 aliphatic heterocycles. The Morgan fingerprint density at radius 2 is 2.15 bits per heavy atom. The van der Waals surface area contributed by atoms with E-state index >= 15 is 0 Å². The Morgan fingerprint density at radius 1 is 1.30 bits per heavy atom. The maximum absolute atomic E-state index is 9.36. The molecule has 0 radical (unpaired) electrons. The Kier molecular flexibility index (Phi) is 4.27. The molecule has 1 aliphatic carbocycles. The normalized spacial score (nSPS) is 23.1. The number of aliphatic hydroxyl groups is 1. The Hall–Kier alpha value is -1.06. The molecule has 0 bridgehead atoms. The van der Waals surface area contributed by atoms with Gasteiger partial charge in [0, 0.05) is 38.0 Å². The number of rotatable bonds is 5. The van der Waals surface area contributed by atoms with Crippen molar-refractivity contribution in [2.45, 2.75) is 45.2 Å². The molecule has 2 aliphatic rings. The van der Waals surface area contributed by atoms with E-state index in [2.05, 4.69) is 35.3 Å². The van der Waals surface area contributed by atoms with Crippen molar-refractivity contribution >= 4 is 5.69 Å². The van der Waals surface area contributed by atoms with Crippen LogP contribution in [0.1, 0.15) is 36.8 Å². The lowest BCUT2D eigenvalue weighted by Gasteiger charge is -2.34. The van der Waals surface area contributed by atoms with E-state index in [-0.39, 0.29) is 0 Å². The molecule has 2 fully saturated rings. The first-order valence-electron chi connectivity index (χ1n) is 7.95. The van der Waals surface area contributed by atoms with Crippen LogP contribution in [0, 0.1) is 12.8 Å². The van der Waals surface area contributed by atoms with Crippen molar-refractivity contribution in [2.24, 2.45) is 5.92 Å². The van der Waals surface area contributed by atoms with Crippen LogP contribution in [0.25, 0.3) is 0 Å². The summed E-state index contributed by atoms with van der Waals surface area (Å²) in [6, 6.07) is 7.59. The summed E-state index contributed by atoms with van der Waals surface area (Å²) in [5.74, 6) is 0.444. The summed E-state index contributed by atoms with van der Waals surface area (Å²) < 4.78 is 0. The number of aryl methyl sites for hydroxylation is 1. The number of aliphatic hydroxyl groups excluding tert-OH is 1. The van der Waals surface area contributed by atoms with Gasteiger partial charge in [0.15, 0.2) is 0 Å². The zero-order valence-electron chi connectivity index (χ0n) is 12.4. The number of piperidine rings is 1. The van der Waals surface area contributed by atoms with Gasteiger partial charge in [-0.1, -0.05) is 12.1 Å². The van der Waals surface area contributed by atoms with Gasteiger partial charge < -0.3 is 15.3 Å². The minimum absolute atomic E-state index is 0.318. The summed E-state index contributed by atoms with van der Waals surface area (Å²) in [7, 11) is 0. The lowest BCUT2D eigenvalue weighted by Crippen LogP contribution is -2.37. The molecule has 0 amide bonds. The highest BCUT2D eigenvalue weighted by Crippen LogP contribution is 2.27. The second-order valence-corrected chi connectivity index (χ2v) is 6.41. The van der Waals surface area contributed by atoms with E-state index < -0.39 is 0 Å². The van der Waals surface area contributed by atoms with Crippen molar-refractivity contribution in [1.82, 2.24) is 5.32 Å². The molecule has 1 saturated heterocycles. The van der Waals surface area contributed by atoms with Crippen LogP contribution in [0.15, 0.2) is 18.2 Å². The Bertz CT molecular complexity index is 456. The molecule has 0 spiro atoms. The van der Waals surface area contributed by atoms with Crippen LogP contribution in [0.4, 0.5) is 5.69 Å². The molecule has 3 nitrogen and oxygen atoms in total. The Balaban J connectivity index is 1.66. The number of nitrogens with zero attached hydrogens (tertiary/aromatic N) is 1. The molecule has 1 aromatic rings. The van der Waals surface area contributed by atoms with Crippen LogP contribution in [-0.2, 0) is 6.54 Å². The van der Waals surface area contributed by atoms with Gasteiger partial charge in [0.1, 0.15) is 0 Å². The van der Waals surface area contributed by atoms with E-state index in [9.17, 15) is 5.11 Å². The number of hydrogen-bond donors (Lipinski definition) is 2. The van der Waals surface area contributed by atoms with E-state index in [1.807, 2.05) is 0 Å². The molecular formula is C17H26N2O. The molecule has 3 heteroatoms. The third kappa shape index (κ3) is 3.33. The minimum Gasteiger partial charge on any atom is -0.396 e. The number of benzene rings is 1. The number of nitrogens with one attached hydrogen (secondary N) is 1. The summed E-state index contributed by atoms with van der Waals surface area (Å²) in [4.78, 5) is 2.44. The van der Waals surface area contributed by atoms with Gasteiger partial charge in [-0.25, -0.2) is 0 Å². The van der Waals surface area contributed by atoms with Crippen molar-refractivity contribution in [1.29, 1.82) is 0 Å². The molecule has 0 aromatic heterocycles. The molecule has 2 N–H and O–H groups in total. The zero-order chi connectivity index (χ0) is 13.9. The minimum atomic E-state index is 0.318. The van der Waals surface area contributed by atoms with Crippen molar-refractivity contribution in [3.05, 3.63) is 29.3 Å². The zero-order valence-corrected chi connectivity index (χ0v) is 12.4. The van der Waals surface area contributed by atoms with Gasteiger partial charge >= 0.3 is 0 Å². The first-order valence-corrected chi connectivity index (χ1v) is 7.95. The van der Waals surface area contributed by atoms with Crippen LogP contribution < -0.4 is 10.2 Å². The predicted molar refractivity (Wildman–Crippen MR) is 83.1 cm³/mol. The first-order chi connectivity index (χ1) is 9.76.